The van der Waals surface area contributed by atoms with E-state index in [1.54, 1.807) is 19.2 Å². The number of hydrogen-bond acceptors (Lipinski definition) is 7. The number of nitrogens with one attached hydrogen (secondary N) is 4. The van der Waals surface area contributed by atoms with Crippen molar-refractivity contribution in [3.8, 4) is 5.75 Å². The molecule has 4 aromatic rings. The van der Waals surface area contributed by atoms with Crippen LogP contribution in [-0.4, -0.2) is 59.2 Å². The maximum atomic E-state index is 13.7. The van der Waals surface area contributed by atoms with Gasteiger partial charge in [-0.05, 0) is 55.5 Å². The van der Waals surface area contributed by atoms with Crippen LogP contribution in [0.2, 0.25) is 0 Å². The van der Waals surface area contributed by atoms with Crippen molar-refractivity contribution in [2.45, 2.75) is 59.0 Å². The number of nitrogens with zero attached hydrogens (tertiary/aromatic N) is 1. The molecule has 5 rings (SSSR count). The fourth-order valence-electron chi connectivity index (χ4n) is 5.15. The lowest BCUT2D eigenvalue weighted by Crippen LogP contribution is -2.52. The summed E-state index contributed by atoms with van der Waals surface area (Å²) in [4.78, 5) is 60.6. The summed E-state index contributed by atoms with van der Waals surface area (Å²) in [5.74, 6) is -1.13. The van der Waals surface area contributed by atoms with Crippen LogP contribution in [0.3, 0.4) is 0 Å². The van der Waals surface area contributed by atoms with Crippen molar-refractivity contribution < 1.29 is 23.9 Å². The Kier molecular flexibility index (Phi) is 10.5. The molecule has 0 spiro atoms. The molecule has 2 aromatic heterocycles. The number of aromatic nitrogens is 2. The van der Waals surface area contributed by atoms with Gasteiger partial charge < -0.3 is 25.7 Å². The highest BCUT2D eigenvalue weighted by Gasteiger charge is 2.35. The van der Waals surface area contributed by atoms with Crippen LogP contribution in [0, 0.1) is 11.8 Å². The number of ether oxygens (including phenoxy) is 1. The third-order valence-electron chi connectivity index (χ3n) is 7.24. The molecule has 2 aromatic carbocycles. The topological polar surface area (TPSA) is 142 Å². The molecule has 1 saturated heterocycles. The van der Waals surface area contributed by atoms with Gasteiger partial charge >= 0.3 is 0 Å². The number of Topliss-reactive ketones (excluding diaryl/α,β-unsaturated/α-hetero) is 1. The van der Waals surface area contributed by atoms with E-state index in [0.717, 1.165) is 15.6 Å². The maximum Gasteiger partial charge on any atom is 0.268 e. The van der Waals surface area contributed by atoms with Gasteiger partial charge in [0.15, 0.2) is 5.01 Å². The van der Waals surface area contributed by atoms with Crippen LogP contribution in [0.4, 0.5) is 0 Å². The number of amides is 3. The van der Waals surface area contributed by atoms with E-state index in [0.29, 0.717) is 30.7 Å². The number of carbonyl (C=O) groups is 4. The first kappa shape index (κ1) is 31.7. The highest BCUT2D eigenvalue weighted by molar-refractivity contribution is 7.20. The summed E-state index contributed by atoms with van der Waals surface area (Å²) in [6.45, 7) is 8.43. The third kappa shape index (κ3) is 7.40. The molecule has 0 radical (unpaired) electrons. The number of aromatic amines is 1. The van der Waals surface area contributed by atoms with Crippen molar-refractivity contribution >= 4 is 56.0 Å². The summed E-state index contributed by atoms with van der Waals surface area (Å²) >= 11 is 1.25. The lowest BCUT2D eigenvalue weighted by Gasteiger charge is -2.24. The second kappa shape index (κ2) is 14.3. The Balaban J connectivity index is 0.00000207. The summed E-state index contributed by atoms with van der Waals surface area (Å²) in [5, 5.41) is 9.53. The zero-order valence-electron chi connectivity index (χ0n) is 25.2. The number of carbonyl (C=O) groups excluding carboxylic acids is 4. The van der Waals surface area contributed by atoms with Crippen molar-refractivity contribution in [1.82, 2.24) is 25.9 Å². The molecule has 4 N–H and O–H groups in total. The van der Waals surface area contributed by atoms with Crippen LogP contribution in [0.15, 0.2) is 48.5 Å². The number of para-hydroxylation sites is 1. The predicted octanol–water partition coefficient (Wildman–Crippen LogP) is 4.85. The molecule has 0 saturated carbocycles. The standard InChI is InChI=1S/C30H33N5O5S.C2H6/c1-16(2)13-22(34-29(39)23-15-18-19(32-23)8-6-9-24(18)40-3)28(38)33-21(14-17-11-12-31-27(17)37)26(36)30-35-20-7-4-5-10-25(20)41-30;1-2/h4-10,15-17,21-22,32H,11-14H2,1-3H3,(H,31,37)(H,33,38)(H,34,39);1-2H3/t17-,21-,22-;/m0./s1. The molecule has 0 bridgehead atoms. The normalized spacial score (nSPS) is 15.9. The Labute approximate surface area is 255 Å². The van der Waals surface area contributed by atoms with Crippen LogP contribution in [0.5, 0.6) is 5.75 Å². The average molecular weight is 606 g/mol. The number of fused-ring (bicyclic) bond motifs is 2. The molecular formula is C32H39N5O5S. The number of benzene rings is 2. The van der Waals surface area contributed by atoms with E-state index in [2.05, 4.69) is 25.9 Å². The summed E-state index contributed by atoms with van der Waals surface area (Å²) in [5.41, 5.74) is 1.72. The summed E-state index contributed by atoms with van der Waals surface area (Å²) in [6, 6.07) is 12.7. The van der Waals surface area contributed by atoms with Gasteiger partial charge in [0, 0.05) is 23.4 Å². The Bertz CT molecular complexity index is 1580. The molecule has 3 atom stereocenters. The minimum atomic E-state index is -0.971. The van der Waals surface area contributed by atoms with E-state index >= 15 is 0 Å². The zero-order chi connectivity index (χ0) is 31.1. The highest BCUT2D eigenvalue weighted by Crippen LogP contribution is 2.27. The zero-order valence-corrected chi connectivity index (χ0v) is 26.0. The van der Waals surface area contributed by atoms with Gasteiger partial charge in [-0.25, -0.2) is 4.98 Å². The number of H-pyrrole nitrogens is 1. The molecule has 1 aliphatic rings. The van der Waals surface area contributed by atoms with Gasteiger partial charge in [0.05, 0.1) is 23.4 Å². The van der Waals surface area contributed by atoms with E-state index in [9.17, 15) is 19.2 Å². The Morgan fingerprint density at radius 2 is 1.84 bits per heavy atom. The van der Waals surface area contributed by atoms with Gasteiger partial charge in [-0.15, -0.1) is 11.3 Å². The summed E-state index contributed by atoms with van der Waals surface area (Å²) in [7, 11) is 1.56. The average Bonchev–Trinajstić information content (AvgIpc) is 3.74. The molecule has 43 heavy (non-hydrogen) atoms. The van der Waals surface area contributed by atoms with E-state index in [1.807, 2.05) is 64.1 Å². The second-order valence-electron chi connectivity index (χ2n) is 10.7. The van der Waals surface area contributed by atoms with Crippen LogP contribution in [0.1, 0.15) is 67.2 Å². The fourth-order valence-corrected chi connectivity index (χ4v) is 6.11. The largest absolute Gasteiger partial charge is 0.496 e. The molecule has 0 aliphatic carbocycles. The molecule has 3 heterocycles. The Morgan fingerprint density at radius 1 is 1.07 bits per heavy atom. The van der Waals surface area contributed by atoms with Gasteiger partial charge in [-0.1, -0.05) is 45.9 Å². The molecular weight excluding hydrogens is 566 g/mol. The Hall–Kier alpha value is -4.25. The van der Waals surface area contributed by atoms with Crippen molar-refractivity contribution in [3.05, 3.63) is 59.2 Å². The fraction of sp³-hybridized carbons (Fsp3) is 0.406. The third-order valence-corrected chi connectivity index (χ3v) is 8.29. The van der Waals surface area contributed by atoms with Gasteiger partial charge in [0.2, 0.25) is 17.6 Å². The predicted molar refractivity (Wildman–Crippen MR) is 169 cm³/mol. The van der Waals surface area contributed by atoms with E-state index in [1.165, 1.54) is 11.3 Å². The van der Waals surface area contributed by atoms with Crippen LogP contribution in [-0.2, 0) is 9.59 Å². The first-order valence-corrected chi connectivity index (χ1v) is 15.5. The molecule has 1 aliphatic heterocycles. The molecule has 0 unspecified atom stereocenters. The highest BCUT2D eigenvalue weighted by atomic mass is 32.1. The van der Waals surface area contributed by atoms with E-state index in [4.69, 9.17) is 4.74 Å². The molecule has 228 valence electrons. The first-order chi connectivity index (χ1) is 20.7. The number of thiazole rings is 1. The molecule has 10 nitrogen and oxygen atoms in total. The lowest BCUT2D eigenvalue weighted by molar-refractivity contribution is -0.125. The summed E-state index contributed by atoms with van der Waals surface area (Å²) < 4.78 is 6.26. The van der Waals surface area contributed by atoms with Gasteiger partial charge in [0.25, 0.3) is 5.91 Å². The van der Waals surface area contributed by atoms with Gasteiger partial charge in [0.1, 0.15) is 17.5 Å². The maximum absolute atomic E-state index is 13.7. The second-order valence-corrected chi connectivity index (χ2v) is 11.7. The first-order valence-electron chi connectivity index (χ1n) is 14.7. The number of methoxy groups -OCH3 is 1. The monoisotopic (exact) mass is 605 g/mol. The minimum Gasteiger partial charge on any atom is -0.496 e. The number of ketones is 1. The van der Waals surface area contributed by atoms with E-state index < -0.39 is 29.8 Å². The lowest BCUT2D eigenvalue weighted by atomic mass is 9.95. The number of hydrogen-bond donors (Lipinski definition) is 4. The van der Waals surface area contributed by atoms with Gasteiger partial charge in [-0.3, -0.25) is 19.2 Å². The minimum absolute atomic E-state index is 0.0767. The van der Waals surface area contributed by atoms with Crippen molar-refractivity contribution in [3.63, 3.8) is 0 Å². The van der Waals surface area contributed by atoms with Crippen LogP contribution in [0.25, 0.3) is 21.1 Å². The van der Waals surface area contributed by atoms with Crippen LogP contribution < -0.4 is 20.7 Å². The molecule has 3 amide bonds. The number of rotatable bonds is 11. The van der Waals surface area contributed by atoms with Crippen LogP contribution >= 0.6 is 11.3 Å². The van der Waals surface area contributed by atoms with Crippen molar-refractivity contribution in [1.29, 1.82) is 0 Å². The van der Waals surface area contributed by atoms with Crippen molar-refractivity contribution in [2.75, 3.05) is 13.7 Å². The SMILES string of the molecule is CC.COc1cccc2[nH]c(C(=O)N[C@@H](CC(C)C)C(=O)N[C@@H](C[C@@H]3CCNC3=O)C(=O)c3nc4ccccc4s3)cc12. The van der Waals surface area contributed by atoms with Gasteiger partial charge in [-0.2, -0.15) is 0 Å². The molecule has 11 heteroatoms. The quantitative estimate of drug-likeness (QED) is 0.180. The molecule has 1 fully saturated rings. The summed E-state index contributed by atoms with van der Waals surface area (Å²) in [6.07, 6.45) is 1.08. The van der Waals surface area contributed by atoms with E-state index in [-0.39, 0.29) is 34.7 Å². The smallest absolute Gasteiger partial charge is 0.268 e. The van der Waals surface area contributed by atoms with Crippen molar-refractivity contribution in [2.24, 2.45) is 11.8 Å². The Morgan fingerprint density at radius 3 is 2.51 bits per heavy atom.